The van der Waals surface area contributed by atoms with E-state index in [0.717, 1.165) is 16.2 Å². The molecule has 0 bridgehead atoms. The van der Waals surface area contributed by atoms with Crippen molar-refractivity contribution in [3.8, 4) is 11.3 Å². The molecule has 0 spiro atoms. The van der Waals surface area contributed by atoms with Crippen molar-refractivity contribution in [2.45, 2.75) is 13.8 Å². The second kappa shape index (κ2) is 5.09. The summed E-state index contributed by atoms with van der Waals surface area (Å²) in [6.07, 6.45) is 1.88. The van der Waals surface area contributed by atoms with Gasteiger partial charge in [-0.25, -0.2) is 9.78 Å². The van der Waals surface area contributed by atoms with E-state index in [-0.39, 0.29) is 5.97 Å². The van der Waals surface area contributed by atoms with E-state index >= 15 is 0 Å². The third kappa shape index (κ3) is 2.20. The van der Waals surface area contributed by atoms with Gasteiger partial charge in [-0.3, -0.25) is 4.40 Å². The molecule has 0 saturated heterocycles. The molecule has 0 fully saturated rings. The number of nitrogens with zero attached hydrogens (tertiary/aromatic N) is 2. The smallest absolute Gasteiger partial charge is 0.356 e. The summed E-state index contributed by atoms with van der Waals surface area (Å²) in [5.41, 5.74) is 3.64. The standard InChI is InChI=1S/C15H14N2O2S/c1-3-19-14(18)13-9-20-15-16-12(8-17(13)15)11-6-4-10(2)5-7-11/h4-9H,3H2,1-2H3. The van der Waals surface area contributed by atoms with Gasteiger partial charge in [0.2, 0.25) is 0 Å². The van der Waals surface area contributed by atoms with Crippen molar-refractivity contribution in [2.75, 3.05) is 6.61 Å². The second-order valence-electron chi connectivity index (χ2n) is 4.49. The molecule has 0 aliphatic rings. The van der Waals surface area contributed by atoms with Gasteiger partial charge in [-0.1, -0.05) is 29.8 Å². The molecule has 102 valence electrons. The first kappa shape index (κ1) is 12.9. The first-order chi connectivity index (χ1) is 9.69. The van der Waals surface area contributed by atoms with Crippen LogP contribution in [0.5, 0.6) is 0 Å². The molecule has 0 aliphatic heterocycles. The Morgan fingerprint density at radius 3 is 2.80 bits per heavy atom. The largest absolute Gasteiger partial charge is 0.461 e. The highest BCUT2D eigenvalue weighted by molar-refractivity contribution is 7.15. The Kier molecular flexibility index (Phi) is 3.28. The van der Waals surface area contributed by atoms with Crippen LogP contribution in [0.4, 0.5) is 0 Å². The molecule has 0 unspecified atom stereocenters. The summed E-state index contributed by atoms with van der Waals surface area (Å²) in [5.74, 6) is -0.313. The number of thiazole rings is 1. The molecule has 2 aromatic heterocycles. The van der Waals surface area contributed by atoms with Gasteiger partial charge in [-0.05, 0) is 13.8 Å². The van der Waals surface area contributed by atoms with E-state index in [9.17, 15) is 4.79 Å². The lowest BCUT2D eigenvalue weighted by atomic mass is 10.1. The van der Waals surface area contributed by atoms with Crippen LogP contribution < -0.4 is 0 Å². The van der Waals surface area contributed by atoms with Crippen molar-refractivity contribution in [2.24, 2.45) is 0 Å². The zero-order valence-corrected chi connectivity index (χ0v) is 12.1. The molecule has 3 rings (SSSR count). The van der Waals surface area contributed by atoms with Crippen molar-refractivity contribution in [1.29, 1.82) is 0 Å². The quantitative estimate of drug-likeness (QED) is 0.692. The number of carbonyl (C=O) groups is 1. The topological polar surface area (TPSA) is 43.6 Å². The van der Waals surface area contributed by atoms with Gasteiger partial charge in [0.15, 0.2) is 4.96 Å². The molecule has 1 aromatic carbocycles. The van der Waals surface area contributed by atoms with Crippen LogP contribution in [0.3, 0.4) is 0 Å². The van der Waals surface area contributed by atoms with Gasteiger partial charge in [-0.2, -0.15) is 0 Å². The predicted molar refractivity (Wildman–Crippen MR) is 79.2 cm³/mol. The summed E-state index contributed by atoms with van der Waals surface area (Å²) >= 11 is 1.44. The van der Waals surface area contributed by atoms with Crippen molar-refractivity contribution >= 4 is 22.3 Å². The first-order valence-electron chi connectivity index (χ1n) is 6.40. The van der Waals surface area contributed by atoms with Crippen LogP contribution in [0.1, 0.15) is 23.0 Å². The zero-order chi connectivity index (χ0) is 14.1. The van der Waals surface area contributed by atoms with E-state index in [0.29, 0.717) is 12.3 Å². The Balaban J connectivity index is 2.03. The summed E-state index contributed by atoms with van der Waals surface area (Å²) < 4.78 is 6.83. The Bertz CT molecular complexity index is 756. The molecule has 0 saturated carbocycles. The van der Waals surface area contributed by atoms with Crippen LogP contribution in [0, 0.1) is 6.92 Å². The lowest BCUT2D eigenvalue weighted by Gasteiger charge is -1.99. The predicted octanol–water partition coefficient (Wildman–Crippen LogP) is 3.55. The van der Waals surface area contributed by atoms with Crippen LogP contribution in [-0.2, 0) is 4.74 Å². The molecular formula is C15H14N2O2S. The fourth-order valence-electron chi connectivity index (χ4n) is 2.00. The summed E-state index contributed by atoms with van der Waals surface area (Å²) in [5, 5.41) is 1.78. The van der Waals surface area contributed by atoms with Gasteiger partial charge >= 0.3 is 5.97 Å². The molecule has 0 radical (unpaired) electrons. The fourth-order valence-corrected chi connectivity index (χ4v) is 2.84. The van der Waals surface area contributed by atoms with Crippen molar-refractivity contribution < 1.29 is 9.53 Å². The average molecular weight is 286 g/mol. The van der Waals surface area contributed by atoms with Crippen LogP contribution in [-0.4, -0.2) is 22.0 Å². The summed E-state index contributed by atoms with van der Waals surface area (Å²) in [4.78, 5) is 17.2. The second-order valence-corrected chi connectivity index (χ2v) is 5.32. The number of aromatic nitrogens is 2. The van der Waals surface area contributed by atoms with E-state index < -0.39 is 0 Å². The Morgan fingerprint density at radius 2 is 2.10 bits per heavy atom. The molecule has 3 aromatic rings. The van der Waals surface area contributed by atoms with Crippen molar-refractivity contribution in [3.05, 3.63) is 47.1 Å². The first-order valence-corrected chi connectivity index (χ1v) is 7.27. The van der Waals surface area contributed by atoms with E-state index in [1.807, 2.05) is 25.3 Å². The zero-order valence-electron chi connectivity index (χ0n) is 11.3. The van der Waals surface area contributed by atoms with Gasteiger partial charge in [0.05, 0.1) is 12.3 Å². The van der Waals surface area contributed by atoms with Gasteiger partial charge in [0.1, 0.15) is 5.69 Å². The highest BCUT2D eigenvalue weighted by Crippen LogP contribution is 2.24. The van der Waals surface area contributed by atoms with Gasteiger partial charge in [0, 0.05) is 17.1 Å². The number of esters is 1. The monoisotopic (exact) mass is 286 g/mol. The minimum Gasteiger partial charge on any atom is -0.461 e. The van der Waals surface area contributed by atoms with Crippen LogP contribution in [0.15, 0.2) is 35.8 Å². The number of benzene rings is 1. The normalized spacial score (nSPS) is 10.9. The van der Waals surface area contributed by atoms with Gasteiger partial charge in [-0.15, -0.1) is 11.3 Å². The molecule has 0 atom stereocenters. The Hall–Kier alpha value is -2.14. The summed E-state index contributed by atoms with van der Waals surface area (Å²) in [6, 6.07) is 8.17. The van der Waals surface area contributed by atoms with Gasteiger partial charge in [0.25, 0.3) is 0 Å². The minimum atomic E-state index is -0.313. The SMILES string of the molecule is CCOC(=O)c1csc2nc(-c3ccc(C)cc3)cn12. The highest BCUT2D eigenvalue weighted by Gasteiger charge is 2.15. The fraction of sp³-hybridized carbons (Fsp3) is 0.200. The van der Waals surface area contributed by atoms with E-state index in [1.165, 1.54) is 16.9 Å². The Morgan fingerprint density at radius 1 is 1.35 bits per heavy atom. The number of imidazole rings is 1. The Labute approximate surface area is 120 Å². The third-order valence-corrected chi connectivity index (χ3v) is 3.88. The molecule has 0 N–H and O–H groups in total. The van der Waals surface area contributed by atoms with Gasteiger partial charge < -0.3 is 4.74 Å². The summed E-state index contributed by atoms with van der Waals surface area (Å²) in [6.45, 7) is 4.22. The van der Waals surface area contributed by atoms with Crippen LogP contribution >= 0.6 is 11.3 Å². The lowest BCUT2D eigenvalue weighted by Crippen LogP contribution is -2.06. The molecule has 4 nitrogen and oxygen atoms in total. The number of aryl methyl sites for hydroxylation is 1. The van der Waals surface area contributed by atoms with Crippen molar-refractivity contribution in [1.82, 2.24) is 9.38 Å². The van der Waals surface area contributed by atoms with E-state index in [4.69, 9.17) is 4.74 Å². The highest BCUT2D eigenvalue weighted by atomic mass is 32.1. The summed E-state index contributed by atoms with van der Waals surface area (Å²) in [7, 11) is 0. The molecule has 5 heteroatoms. The number of hydrogen-bond donors (Lipinski definition) is 0. The average Bonchev–Trinajstić information content (AvgIpc) is 2.99. The van der Waals surface area contributed by atoms with E-state index in [2.05, 4.69) is 17.1 Å². The molecule has 0 amide bonds. The molecular weight excluding hydrogens is 272 g/mol. The maximum Gasteiger partial charge on any atom is 0.356 e. The minimum absolute atomic E-state index is 0.313. The van der Waals surface area contributed by atoms with E-state index in [1.54, 1.807) is 16.7 Å². The molecule has 20 heavy (non-hydrogen) atoms. The number of hydrogen-bond acceptors (Lipinski definition) is 4. The number of carbonyl (C=O) groups excluding carboxylic acids is 1. The number of fused-ring (bicyclic) bond motifs is 1. The maximum atomic E-state index is 11.8. The van der Waals surface area contributed by atoms with Crippen LogP contribution in [0.25, 0.3) is 16.2 Å². The van der Waals surface area contributed by atoms with Crippen molar-refractivity contribution in [3.63, 3.8) is 0 Å². The third-order valence-electron chi connectivity index (χ3n) is 3.04. The maximum absolute atomic E-state index is 11.8. The lowest BCUT2D eigenvalue weighted by molar-refractivity contribution is 0.0518. The molecule has 2 heterocycles. The number of ether oxygens (including phenoxy) is 1. The number of rotatable bonds is 3. The molecule has 0 aliphatic carbocycles. The van der Waals surface area contributed by atoms with Crippen LogP contribution in [0.2, 0.25) is 0 Å².